The molecule has 3 nitrogen and oxygen atoms in total. The van der Waals surface area contributed by atoms with E-state index in [9.17, 15) is 0 Å². The molecule has 0 radical (unpaired) electrons. The smallest absolute Gasteiger partial charge is 0.0476 e. The minimum atomic E-state index is 0.290. The van der Waals surface area contributed by atoms with Gasteiger partial charge in [0.05, 0.1) is 0 Å². The number of nitrogens with two attached hydrogens (primary N) is 1. The molecule has 17 heavy (non-hydrogen) atoms. The number of rotatable bonds is 3. The highest BCUT2D eigenvalue weighted by atomic mass is 15.3. The molecule has 0 aromatic heterocycles. The largest absolute Gasteiger partial charge is 0.329 e. The molecule has 98 valence electrons. The van der Waals surface area contributed by atoms with Crippen LogP contribution in [-0.4, -0.2) is 53.1 Å². The molecule has 0 amide bonds. The predicted molar refractivity (Wildman–Crippen MR) is 71.0 cm³/mol. The molecule has 2 saturated heterocycles. The van der Waals surface area contributed by atoms with Crippen molar-refractivity contribution in [1.29, 1.82) is 0 Å². The maximum Gasteiger partial charge on any atom is 0.0476 e. The van der Waals surface area contributed by atoms with Crippen LogP contribution in [-0.2, 0) is 0 Å². The summed E-state index contributed by atoms with van der Waals surface area (Å²) in [6, 6.07) is 2.36. The predicted octanol–water partition coefficient (Wildman–Crippen LogP) is 1.42. The monoisotopic (exact) mass is 237 g/mol. The molecule has 3 unspecified atom stereocenters. The van der Waals surface area contributed by atoms with Gasteiger partial charge in [0.2, 0.25) is 0 Å². The van der Waals surface area contributed by atoms with E-state index in [0.717, 1.165) is 24.7 Å². The highest BCUT2D eigenvalue weighted by molar-refractivity contribution is 5.08. The fourth-order valence-corrected chi connectivity index (χ4v) is 4.23. The van der Waals surface area contributed by atoms with Crippen LogP contribution in [0.3, 0.4) is 0 Å². The lowest BCUT2D eigenvalue weighted by Gasteiger charge is -2.41. The standard InChI is InChI=1S/C14H27N3/c1-11-4-3-7-17(11)14(9-15)8-12(2)16(10-14)13-5-6-13/h11-13H,3-10,15H2,1-2H3. The third-order valence-corrected chi connectivity index (χ3v) is 5.28. The van der Waals surface area contributed by atoms with Crippen molar-refractivity contribution in [2.45, 2.75) is 69.6 Å². The van der Waals surface area contributed by atoms with E-state index in [0.29, 0.717) is 0 Å². The average Bonchev–Trinajstić information content (AvgIpc) is 2.97. The fourth-order valence-electron chi connectivity index (χ4n) is 4.23. The number of nitrogens with zero attached hydrogens (tertiary/aromatic N) is 2. The van der Waals surface area contributed by atoms with Gasteiger partial charge >= 0.3 is 0 Å². The number of hydrogen-bond donors (Lipinski definition) is 1. The second kappa shape index (κ2) is 4.22. The maximum atomic E-state index is 6.19. The van der Waals surface area contributed by atoms with Crippen LogP contribution in [0.5, 0.6) is 0 Å². The van der Waals surface area contributed by atoms with Crippen molar-refractivity contribution in [1.82, 2.24) is 9.80 Å². The summed E-state index contributed by atoms with van der Waals surface area (Å²) >= 11 is 0. The van der Waals surface area contributed by atoms with Gasteiger partial charge in [0.15, 0.2) is 0 Å². The molecule has 0 bridgehead atoms. The van der Waals surface area contributed by atoms with Gasteiger partial charge < -0.3 is 5.73 Å². The highest BCUT2D eigenvalue weighted by Crippen LogP contribution is 2.41. The Balaban J connectivity index is 1.78. The van der Waals surface area contributed by atoms with Crippen LogP contribution in [0.15, 0.2) is 0 Å². The molecule has 1 saturated carbocycles. The molecular formula is C14H27N3. The number of likely N-dealkylation sites (tertiary alicyclic amines) is 2. The quantitative estimate of drug-likeness (QED) is 0.806. The summed E-state index contributed by atoms with van der Waals surface area (Å²) < 4.78 is 0. The van der Waals surface area contributed by atoms with Crippen molar-refractivity contribution in [3.63, 3.8) is 0 Å². The molecule has 3 atom stereocenters. The molecule has 3 fully saturated rings. The lowest BCUT2D eigenvalue weighted by molar-refractivity contribution is 0.0912. The summed E-state index contributed by atoms with van der Waals surface area (Å²) in [7, 11) is 0. The average molecular weight is 237 g/mol. The minimum absolute atomic E-state index is 0.290. The maximum absolute atomic E-state index is 6.19. The van der Waals surface area contributed by atoms with Gasteiger partial charge in [0.1, 0.15) is 0 Å². The molecule has 0 aromatic rings. The molecule has 1 aliphatic carbocycles. The Kier molecular flexibility index (Phi) is 2.96. The van der Waals surface area contributed by atoms with Crippen LogP contribution >= 0.6 is 0 Å². The van der Waals surface area contributed by atoms with Crippen molar-refractivity contribution in [3.8, 4) is 0 Å². The second-order valence-corrected chi connectivity index (χ2v) is 6.57. The van der Waals surface area contributed by atoms with Gasteiger partial charge in [-0.05, 0) is 52.5 Å². The van der Waals surface area contributed by atoms with E-state index < -0.39 is 0 Å². The Hall–Kier alpha value is -0.120. The zero-order valence-electron chi connectivity index (χ0n) is 11.4. The first-order valence-electron chi connectivity index (χ1n) is 7.39. The van der Waals surface area contributed by atoms with Gasteiger partial charge in [-0.15, -0.1) is 0 Å². The second-order valence-electron chi connectivity index (χ2n) is 6.57. The summed E-state index contributed by atoms with van der Waals surface area (Å²) in [5, 5.41) is 0. The van der Waals surface area contributed by atoms with Gasteiger partial charge in [-0.1, -0.05) is 0 Å². The molecule has 2 aliphatic heterocycles. The summed E-state index contributed by atoms with van der Waals surface area (Å²) in [6.07, 6.45) is 6.84. The van der Waals surface area contributed by atoms with E-state index in [4.69, 9.17) is 5.73 Å². The highest BCUT2D eigenvalue weighted by Gasteiger charge is 2.50. The van der Waals surface area contributed by atoms with Crippen molar-refractivity contribution < 1.29 is 0 Å². The zero-order valence-corrected chi connectivity index (χ0v) is 11.4. The first kappa shape index (κ1) is 11.9. The van der Waals surface area contributed by atoms with Crippen LogP contribution in [0, 0.1) is 0 Å². The van der Waals surface area contributed by atoms with E-state index in [1.165, 1.54) is 45.2 Å². The summed E-state index contributed by atoms with van der Waals surface area (Å²) in [5.74, 6) is 0. The van der Waals surface area contributed by atoms with Gasteiger partial charge in [0, 0.05) is 36.8 Å². The Morgan fingerprint density at radius 1 is 1.18 bits per heavy atom. The van der Waals surface area contributed by atoms with Crippen molar-refractivity contribution in [2.24, 2.45) is 5.73 Å². The van der Waals surface area contributed by atoms with E-state index >= 15 is 0 Å². The van der Waals surface area contributed by atoms with E-state index in [-0.39, 0.29) is 5.54 Å². The molecule has 3 heteroatoms. The van der Waals surface area contributed by atoms with Crippen LogP contribution in [0.25, 0.3) is 0 Å². The van der Waals surface area contributed by atoms with Crippen molar-refractivity contribution in [2.75, 3.05) is 19.6 Å². The summed E-state index contributed by atoms with van der Waals surface area (Å²) in [6.45, 7) is 8.11. The van der Waals surface area contributed by atoms with Crippen LogP contribution in [0.1, 0.15) is 46.0 Å². The minimum Gasteiger partial charge on any atom is -0.329 e. The summed E-state index contributed by atoms with van der Waals surface area (Å²) in [5.41, 5.74) is 6.48. The topological polar surface area (TPSA) is 32.5 Å². The van der Waals surface area contributed by atoms with Gasteiger partial charge in [-0.2, -0.15) is 0 Å². The van der Waals surface area contributed by atoms with Gasteiger partial charge in [0.25, 0.3) is 0 Å². The Morgan fingerprint density at radius 2 is 1.94 bits per heavy atom. The van der Waals surface area contributed by atoms with E-state index in [1.54, 1.807) is 0 Å². The molecule has 0 spiro atoms. The lowest BCUT2D eigenvalue weighted by atomic mass is 9.93. The molecule has 2 N–H and O–H groups in total. The zero-order chi connectivity index (χ0) is 12.0. The first-order chi connectivity index (χ1) is 8.16. The molecule has 0 aromatic carbocycles. The fraction of sp³-hybridized carbons (Fsp3) is 1.00. The third kappa shape index (κ3) is 1.92. The van der Waals surface area contributed by atoms with Crippen LogP contribution in [0.4, 0.5) is 0 Å². The number of hydrogen-bond acceptors (Lipinski definition) is 3. The third-order valence-electron chi connectivity index (χ3n) is 5.28. The molecule has 3 rings (SSSR count). The van der Waals surface area contributed by atoms with E-state index in [2.05, 4.69) is 23.6 Å². The van der Waals surface area contributed by atoms with E-state index in [1.807, 2.05) is 0 Å². The Morgan fingerprint density at radius 3 is 2.47 bits per heavy atom. The molecule has 3 aliphatic rings. The van der Waals surface area contributed by atoms with Crippen molar-refractivity contribution in [3.05, 3.63) is 0 Å². The van der Waals surface area contributed by atoms with Crippen LogP contribution < -0.4 is 5.73 Å². The normalized spacial score (nSPS) is 44.6. The Bertz CT molecular complexity index is 289. The van der Waals surface area contributed by atoms with Crippen molar-refractivity contribution >= 4 is 0 Å². The molecular weight excluding hydrogens is 210 g/mol. The summed E-state index contributed by atoms with van der Waals surface area (Å²) in [4.78, 5) is 5.46. The SMILES string of the molecule is CC1CC(CN)(N2CCCC2C)CN1C1CC1. The van der Waals surface area contributed by atoms with Gasteiger partial charge in [-0.25, -0.2) is 0 Å². The van der Waals surface area contributed by atoms with Gasteiger partial charge in [-0.3, -0.25) is 9.80 Å². The lowest BCUT2D eigenvalue weighted by Crippen LogP contribution is -2.56. The van der Waals surface area contributed by atoms with Crippen LogP contribution in [0.2, 0.25) is 0 Å². The molecule has 2 heterocycles. The Labute approximate surface area is 105 Å². The first-order valence-corrected chi connectivity index (χ1v) is 7.39.